The van der Waals surface area contributed by atoms with Crippen molar-refractivity contribution in [3.05, 3.63) is 34.3 Å². The highest BCUT2D eigenvalue weighted by molar-refractivity contribution is 6.30. The van der Waals surface area contributed by atoms with Crippen LogP contribution in [0.3, 0.4) is 0 Å². The number of alkyl halides is 3. The fourth-order valence-corrected chi connectivity index (χ4v) is 1.34. The summed E-state index contributed by atoms with van der Waals surface area (Å²) in [4.78, 5) is 0. The van der Waals surface area contributed by atoms with E-state index in [2.05, 4.69) is 0 Å². The summed E-state index contributed by atoms with van der Waals surface area (Å²) < 4.78 is 37.4. The molecule has 1 atom stereocenters. The second-order valence-corrected chi connectivity index (χ2v) is 3.36. The van der Waals surface area contributed by atoms with Crippen molar-refractivity contribution < 1.29 is 23.4 Å². The zero-order chi connectivity index (χ0) is 11.6. The first-order valence-electron chi connectivity index (χ1n) is 4.02. The van der Waals surface area contributed by atoms with Crippen molar-refractivity contribution in [2.75, 3.05) is 6.61 Å². The molecule has 0 fully saturated rings. The quantitative estimate of drug-likeness (QED) is 0.833. The summed E-state index contributed by atoms with van der Waals surface area (Å²) in [5.74, 6) is 0. The Hall–Kier alpha value is -0.780. The van der Waals surface area contributed by atoms with Gasteiger partial charge in [0.1, 0.15) is 6.10 Å². The normalized spacial score (nSPS) is 14.0. The number of hydrogen-bond acceptors (Lipinski definition) is 2. The van der Waals surface area contributed by atoms with Gasteiger partial charge in [0.05, 0.1) is 12.2 Å². The van der Waals surface area contributed by atoms with E-state index in [4.69, 9.17) is 16.7 Å². The highest BCUT2D eigenvalue weighted by atomic mass is 35.5. The fraction of sp³-hybridized carbons (Fsp3) is 0.333. The SMILES string of the molecule is OCC(O)c1ccc(Cl)cc1C(F)(F)F. The molecule has 2 nitrogen and oxygen atoms in total. The Labute approximate surface area is 88.9 Å². The van der Waals surface area contributed by atoms with Crippen molar-refractivity contribution in [3.63, 3.8) is 0 Å². The minimum atomic E-state index is -4.60. The summed E-state index contributed by atoms with van der Waals surface area (Å²) >= 11 is 5.43. The smallest absolute Gasteiger partial charge is 0.393 e. The lowest BCUT2D eigenvalue weighted by atomic mass is 10.0. The molecule has 1 aromatic rings. The molecule has 1 aromatic carbocycles. The van der Waals surface area contributed by atoms with Crippen LogP contribution in [0.4, 0.5) is 13.2 Å². The summed E-state index contributed by atoms with van der Waals surface area (Å²) in [7, 11) is 0. The molecule has 2 N–H and O–H groups in total. The molecule has 0 amide bonds. The first-order chi connectivity index (χ1) is 6.86. The maximum atomic E-state index is 12.5. The van der Waals surface area contributed by atoms with Gasteiger partial charge in [0, 0.05) is 5.02 Å². The summed E-state index contributed by atoms with van der Waals surface area (Å²) in [6.07, 6.45) is -6.16. The minimum Gasteiger partial charge on any atom is -0.393 e. The summed E-state index contributed by atoms with van der Waals surface area (Å²) in [5, 5.41) is 17.7. The average Bonchev–Trinajstić information content (AvgIpc) is 2.15. The van der Waals surface area contributed by atoms with Crippen LogP contribution in [0, 0.1) is 0 Å². The van der Waals surface area contributed by atoms with Crippen LogP contribution in [-0.4, -0.2) is 16.8 Å². The third-order valence-corrected chi connectivity index (χ3v) is 2.09. The number of rotatable bonds is 2. The molecule has 0 radical (unpaired) electrons. The predicted molar refractivity (Wildman–Crippen MR) is 48.5 cm³/mol. The van der Waals surface area contributed by atoms with E-state index in [1.807, 2.05) is 0 Å². The molecule has 6 heteroatoms. The second kappa shape index (κ2) is 4.38. The molecule has 0 aliphatic carbocycles. The molecular formula is C9H8ClF3O2. The maximum absolute atomic E-state index is 12.5. The van der Waals surface area contributed by atoms with Crippen molar-refractivity contribution in [1.82, 2.24) is 0 Å². The lowest BCUT2D eigenvalue weighted by Gasteiger charge is -2.16. The molecule has 1 rings (SSSR count). The van der Waals surface area contributed by atoms with Crippen LogP contribution in [0.5, 0.6) is 0 Å². The number of halogens is 4. The Kier molecular flexibility index (Phi) is 3.59. The molecule has 0 saturated heterocycles. The van der Waals surface area contributed by atoms with E-state index in [0.29, 0.717) is 0 Å². The van der Waals surface area contributed by atoms with Crippen LogP contribution in [0.2, 0.25) is 5.02 Å². The van der Waals surface area contributed by atoms with Gasteiger partial charge in [0.25, 0.3) is 0 Å². The number of benzene rings is 1. The van der Waals surface area contributed by atoms with Gasteiger partial charge in [-0.3, -0.25) is 0 Å². The van der Waals surface area contributed by atoms with Gasteiger partial charge in [0.15, 0.2) is 0 Å². The Balaban J connectivity index is 3.27. The largest absolute Gasteiger partial charge is 0.416 e. The van der Waals surface area contributed by atoms with E-state index in [-0.39, 0.29) is 10.6 Å². The van der Waals surface area contributed by atoms with E-state index >= 15 is 0 Å². The van der Waals surface area contributed by atoms with Crippen LogP contribution in [0.15, 0.2) is 18.2 Å². The van der Waals surface area contributed by atoms with Crippen LogP contribution in [0.1, 0.15) is 17.2 Å². The van der Waals surface area contributed by atoms with Crippen LogP contribution in [0.25, 0.3) is 0 Å². The Morgan fingerprint density at radius 3 is 2.40 bits per heavy atom. The first kappa shape index (κ1) is 12.3. The van der Waals surface area contributed by atoms with Crippen molar-refractivity contribution in [2.24, 2.45) is 0 Å². The van der Waals surface area contributed by atoms with Gasteiger partial charge in [-0.25, -0.2) is 0 Å². The van der Waals surface area contributed by atoms with Crippen LogP contribution < -0.4 is 0 Å². The van der Waals surface area contributed by atoms with Gasteiger partial charge in [-0.05, 0) is 17.7 Å². The van der Waals surface area contributed by atoms with Crippen LogP contribution >= 0.6 is 11.6 Å². The monoisotopic (exact) mass is 240 g/mol. The summed E-state index contributed by atoms with van der Waals surface area (Å²) in [6.45, 7) is -0.773. The van der Waals surface area contributed by atoms with E-state index in [1.165, 1.54) is 6.07 Å². The van der Waals surface area contributed by atoms with E-state index in [0.717, 1.165) is 12.1 Å². The van der Waals surface area contributed by atoms with E-state index < -0.39 is 24.5 Å². The minimum absolute atomic E-state index is 0.0729. The fourth-order valence-electron chi connectivity index (χ4n) is 1.16. The topological polar surface area (TPSA) is 40.5 Å². The first-order valence-corrected chi connectivity index (χ1v) is 4.39. The lowest BCUT2D eigenvalue weighted by Crippen LogP contribution is -2.13. The Morgan fingerprint density at radius 1 is 1.33 bits per heavy atom. The number of hydrogen-bond donors (Lipinski definition) is 2. The third kappa shape index (κ3) is 2.84. The molecule has 0 saturated carbocycles. The van der Waals surface area contributed by atoms with Crippen molar-refractivity contribution >= 4 is 11.6 Å². The van der Waals surface area contributed by atoms with Gasteiger partial charge < -0.3 is 10.2 Å². The highest BCUT2D eigenvalue weighted by Gasteiger charge is 2.35. The molecule has 0 aromatic heterocycles. The third-order valence-electron chi connectivity index (χ3n) is 1.85. The molecule has 0 spiro atoms. The molecule has 0 heterocycles. The van der Waals surface area contributed by atoms with Crippen LogP contribution in [-0.2, 0) is 6.18 Å². The molecule has 0 bridgehead atoms. The molecule has 84 valence electrons. The van der Waals surface area contributed by atoms with Crippen molar-refractivity contribution in [3.8, 4) is 0 Å². The zero-order valence-electron chi connectivity index (χ0n) is 7.42. The van der Waals surface area contributed by atoms with E-state index in [1.54, 1.807) is 0 Å². The average molecular weight is 241 g/mol. The van der Waals surface area contributed by atoms with Crippen molar-refractivity contribution in [2.45, 2.75) is 12.3 Å². The van der Waals surface area contributed by atoms with Gasteiger partial charge in [-0.1, -0.05) is 17.7 Å². The van der Waals surface area contributed by atoms with Crippen molar-refractivity contribution in [1.29, 1.82) is 0 Å². The van der Waals surface area contributed by atoms with Gasteiger partial charge in [-0.2, -0.15) is 13.2 Å². The molecule has 0 aliphatic rings. The number of aliphatic hydroxyl groups is 2. The van der Waals surface area contributed by atoms with Gasteiger partial charge in [-0.15, -0.1) is 0 Å². The highest BCUT2D eigenvalue weighted by Crippen LogP contribution is 2.36. The Bertz CT molecular complexity index is 352. The standard InChI is InChI=1S/C9H8ClF3O2/c10-5-1-2-6(8(15)4-14)7(3-5)9(11,12)13/h1-3,8,14-15H,4H2. The number of aliphatic hydroxyl groups excluding tert-OH is 2. The lowest BCUT2D eigenvalue weighted by molar-refractivity contribution is -0.139. The molecule has 0 aliphatic heterocycles. The van der Waals surface area contributed by atoms with Gasteiger partial charge in [0.2, 0.25) is 0 Å². The maximum Gasteiger partial charge on any atom is 0.416 e. The molecule has 1 unspecified atom stereocenters. The molecule has 15 heavy (non-hydrogen) atoms. The van der Waals surface area contributed by atoms with E-state index in [9.17, 15) is 18.3 Å². The predicted octanol–water partition coefficient (Wildman–Crippen LogP) is 2.38. The second-order valence-electron chi connectivity index (χ2n) is 2.93. The summed E-state index contributed by atoms with van der Waals surface area (Å²) in [5.41, 5.74) is -1.41. The van der Waals surface area contributed by atoms with Gasteiger partial charge >= 0.3 is 6.18 Å². The Morgan fingerprint density at radius 2 is 1.93 bits per heavy atom. The molecular weight excluding hydrogens is 233 g/mol. The summed E-state index contributed by atoms with van der Waals surface area (Å²) in [6, 6.07) is 2.99. The zero-order valence-corrected chi connectivity index (χ0v) is 8.18.